The van der Waals surface area contributed by atoms with Crippen LogP contribution in [0.4, 0.5) is 0 Å². The van der Waals surface area contributed by atoms with Crippen LogP contribution in [-0.4, -0.2) is 31.5 Å². The maximum Gasteiger partial charge on any atom is 0.328 e. The number of aromatic hydroxyl groups is 4. The number of rotatable bonds is 4. The molecule has 2 aromatic rings. The van der Waals surface area contributed by atoms with Crippen molar-refractivity contribution < 1.29 is 30.3 Å². The van der Waals surface area contributed by atoms with E-state index >= 15 is 0 Å². The van der Waals surface area contributed by atoms with Gasteiger partial charge >= 0.3 is 5.97 Å². The average Bonchev–Trinajstić information content (AvgIpc) is 2.50. The molecule has 0 fully saturated rings. The first kappa shape index (κ1) is 16.0. The SMILES string of the molecule is O=C(O)/C=C\c1ccc(O)c(O)c1/C=C/c1ccc(O)c(O)c1. The zero-order chi connectivity index (χ0) is 17.0. The van der Waals surface area contributed by atoms with Gasteiger partial charge in [-0.25, -0.2) is 4.79 Å². The number of carbonyl (C=O) groups is 1. The van der Waals surface area contributed by atoms with E-state index in [2.05, 4.69) is 0 Å². The van der Waals surface area contributed by atoms with Crippen LogP contribution in [0, 0.1) is 0 Å². The predicted octanol–water partition coefficient (Wildman–Crippen LogP) is 2.78. The molecule has 0 aliphatic rings. The second-order valence-corrected chi connectivity index (χ2v) is 4.69. The predicted molar refractivity (Wildman–Crippen MR) is 85.1 cm³/mol. The van der Waals surface area contributed by atoms with E-state index in [4.69, 9.17) is 5.11 Å². The molecule has 0 aromatic heterocycles. The first-order valence-electron chi connectivity index (χ1n) is 6.54. The monoisotopic (exact) mass is 314 g/mol. The van der Waals surface area contributed by atoms with Crippen LogP contribution in [0.1, 0.15) is 16.7 Å². The molecule has 0 saturated heterocycles. The second-order valence-electron chi connectivity index (χ2n) is 4.69. The first-order chi connectivity index (χ1) is 10.9. The zero-order valence-electron chi connectivity index (χ0n) is 11.8. The van der Waals surface area contributed by atoms with Gasteiger partial charge in [0.2, 0.25) is 0 Å². The maximum absolute atomic E-state index is 10.6. The molecule has 0 amide bonds. The molecule has 0 spiro atoms. The average molecular weight is 314 g/mol. The van der Waals surface area contributed by atoms with Gasteiger partial charge in [0, 0.05) is 11.6 Å². The molecule has 23 heavy (non-hydrogen) atoms. The number of aliphatic carboxylic acids is 1. The van der Waals surface area contributed by atoms with Crippen molar-refractivity contribution in [1.82, 2.24) is 0 Å². The van der Waals surface area contributed by atoms with Crippen LogP contribution in [0.2, 0.25) is 0 Å². The molecular weight excluding hydrogens is 300 g/mol. The Labute approximate surface area is 131 Å². The Kier molecular flexibility index (Phi) is 4.56. The summed E-state index contributed by atoms with van der Waals surface area (Å²) in [5.74, 6) is -2.43. The van der Waals surface area contributed by atoms with Crippen LogP contribution in [0.3, 0.4) is 0 Å². The lowest BCUT2D eigenvalue weighted by molar-refractivity contribution is -0.131. The highest BCUT2D eigenvalue weighted by Crippen LogP contribution is 2.34. The van der Waals surface area contributed by atoms with Crippen LogP contribution in [0.15, 0.2) is 36.4 Å². The summed E-state index contributed by atoms with van der Waals surface area (Å²) < 4.78 is 0. The minimum absolute atomic E-state index is 0.218. The second kappa shape index (κ2) is 6.57. The van der Waals surface area contributed by atoms with Gasteiger partial charge in [-0.1, -0.05) is 18.2 Å². The zero-order valence-corrected chi connectivity index (χ0v) is 11.8. The lowest BCUT2D eigenvalue weighted by atomic mass is 10.0. The quantitative estimate of drug-likeness (QED) is 0.336. The molecule has 0 saturated carbocycles. The summed E-state index contributed by atoms with van der Waals surface area (Å²) in [4.78, 5) is 10.6. The van der Waals surface area contributed by atoms with Gasteiger partial charge < -0.3 is 25.5 Å². The van der Waals surface area contributed by atoms with Crippen molar-refractivity contribution in [3.05, 3.63) is 53.1 Å². The van der Waals surface area contributed by atoms with Gasteiger partial charge in [-0.3, -0.25) is 0 Å². The number of phenolic OH excluding ortho intramolecular Hbond substituents is 4. The molecule has 2 rings (SSSR count). The van der Waals surface area contributed by atoms with Gasteiger partial charge in [-0.2, -0.15) is 0 Å². The van der Waals surface area contributed by atoms with Gasteiger partial charge in [0.25, 0.3) is 0 Å². The third kappa shape index (κ3) is 3.82. The standard InChI is InChI=1S/C17H14O6/c18-13-6-2-10(9-15(13)20)1-5-12-11(4-8-16(21)22)3-7-14(19)17(12)23/h1-9,18-20,23H,(H,21,22)/b5-1+,8-4-. The number of carboxylic acid groups (broad SMARTS) is 1. The van der Waals surface area contributed by atoms with Crippen LogP contribution >= 0.6 is 0 Å². The number of hydrogen-bond acceptors (Lipinski definition) is 5. The minimum atomic E-state index is -1.14. The van der Waals surface area contributed by atoms with Crippen LogP contribution in [0.5, 0.6) is 23.0 Å². The van der Waals surface area contributed by atoms with E-state index < -0.39 is 11.7 Å². The molecule has 2 aromatic carbocycles. The molecule has 0 aliphatic heterocycles. The van der Waals surface area contributed by atoms with Gasteiger partial charge in [-0.15, -0.1) is 0 Å². The fourth-order valence-corrected chi connectivity index (χ4v) is 1.92. The summed E-state index contributed by atoms with van der Waals surface area (Å²) in [6.45, 7) is 0. The highest BCUT2D eigenvalue weighted by Gasteiger charge is 2.08. The smallest absolute Gasteiger partial charge is 0.328 e. The van der Waals surface area contributed by atoms with E-state index in [0.717, 1.165) is 6.08 Å². The first-order valence-corrected chi connectivity index (χ1v) is 6.54. The molecule has 5 N–H and O–H groups in total. The normalized spacial score (nSPS) is 11.3. The van der Waals surface area contributed by atoms with Crippen molar-refractivity contribution >= 4 is 24.2 Å². The molecular formula is C17H14O6. The molecule has 0 atom stereocenters. The number of carboxylic acids is 1. The van der Waals surface area contributed by atoms with Crippen molar-refractivity contribution in [2.45, 2.75) is 0 Å². The van der Waals surface area contributed by atoms with Gasteiger partial charge in [0.15, 0.2) is 23.0 Å². The van der Waals surface area contributed by atoms with Gasteiger partial charge in [-0.05, 0) is 41.5 Å². The molecule has 0 bridgehead atoms. The van der Waals surface area contributed by atoms with E-state index in [0.29, 0.717) is 11.1 Å². The summed E-state index contributed by atoms with van der Waals surface area (Å²) in [5.41, 5.74) is 1.15. The van der Waals surface area contributed by atoms with Gasteiger partial charge in [0.1, 0.15) is 0 Å². The van der Waals surface area contributed by atoms with E-state index in [1.54, 1.807) is 0 Å². The molecule has 6 heteroatoms. The Morgan fingerprint density at radius 2 is 1.52 bits per heavy atom. The molecule has 6 nitrogen and oxygen atoms in total. The fourth-order valence-electron chi connectivity index (χ4n) is 1.92. The van der Waals surface area contributed by atoms with Crippen molar-refractivity contribution in [2.75, 3.05) is 0 Å². The highest BCUT2D eigenvalue weighted by atomic mass is 16.4. The summed E-state index contributed by atoms with van der Waals surface area (Å²) in [5, 5.41) is 46.9. The van der Waals surface area contributed by atoms with Crippen molar-refractivity contribution in [3.8, 4) is 23.0 Å². The Balaban J connectivity index is 2.44. The van der Waals surface area contributed by atoms with E-state index in [9.17, 15) is 25.2 Å². The van der Waals surface area contributed by atoms with Crippen LogP contribution in [-0.2, 0) is 4.79 Å². The molecule has 0 unspecified atom stereocenters. The largest absolute Gasteiger partial charge is 0.504 e. The van der Waals surface area contributed by atoms with Crippen molar-refractivity contribution in [3.63, 3.8) is 0 Å². The number of phenols is 4. The summed E-state index contributed by atoms with van der Waals surface area (Å²) in [6.07, 6.45) is 5.19. The Morgan fingerprint density at radius 3 is 2.17 bits per heavy atom. The minimum Gasteiger partial charge on any atom is -0.504 e. The Hall–Kier alpha value is -3.41. The molecule has 0 radical (unpaired) electrons. The lowest BCUT2D eigenvalue weighted by Gasteiger charge is -2.06. The van der Waals surface area contributed by atoms with Crippen molar-refractivity contribution in [1.29, 1.82) is 0 Å². The topological polar surface area (TPSA) is 118 Å². The third-order valence-corrected chi connectivity index (χ3v) is 3.08. The third-order valence-electron chi connectivity index (χ3n) is 3.08. The maximum atomic E-state index is 10.6. The molecule has 0 heterocycles. The molecule has 0 aliphatic carbocycles. The summed E-state index contributed by atoms with van der Waals surface area (Å²) in [7, 11) is 0. The lowest BCUT2D eigenvalue weighted by Crippen LogP contribution is -1.88. The van der Waals surface area contributed by atoms with Crippen LogP contribution < -0.4 is 0 Å². The van der Waals surface area contributed by atoms with Gasteiger partial charge in [0.05, 0.1) is 0 Å². The van der Waals surface area contributed by atoms with E-state index in [-0.39, 0.29) is 22.8 Å². The molecule has 118 valence electrons. The summed E-state index contributed by atoms with van der Waals surface area (Å²) >= 11 is 0. The number of benzene rings is 2. The van der Waals surface area contributed by atoms with E-state index in [1.165, 1.54) is 48.6 Å². The number of hydrogen-bond donors (Lipinski definition) is 5. The van der Waals surface area contributed by atoms with Crippen molar-refractivity contribution in [2.24, 2.45) is 0 Å². The Bertz CT molecular complexity index is 805. The highest BCUT2D eigenvalue weighted by molar-refractivity contribution is 5.88. The van der Waals surface area contributed by atoms with E-state index in [1.807, 2.05) is 0 Å². The fraction of sp³-hybridized carbons (Fsp3) is 0. The van der Waals surface area contributed by atoms with Crippen LogP contribution in [0.25, 0.3) is 18.2 Å². The Morgan fingerprint density at radius 1 is 0.826 bits per heavy atom. The summed E-state index contributed by atoms with van der Waals surface area (Å²) in [6, 6.07) is 6.88.